The van der Waals surface area contributed by atoms with Gasteiger partial charge in [-0.05, 0) is 57.6 Å². The van der Waals surface area contributed by atoms with E-state index in [9.17, 15) is 4.79 Å². The molecule has 3 heterocycles. The van der Waals surface area contributed by atoms with E-state index in [0.29, 0.717) is 30.5 Å². The largest absolute Gasteiger partial charge is 0.491 e. The molecule has 1 atom stereocenters. The predicted molar refractivity (Wildman–Crippen MR) is 113 cm³/mol. The Labute approximate surface area is 172 Å². The third-order valence-corrected chi connectivity index (χ3v) is 5.98. The fourth-order valence-corrected chi connectivity index (χ4v) is 4.45. The first-order chi connectivity index (χ1) is 14.3. The van der Waals surface area contributed by atoms with Crippen molar-refractivity contribution < 1.29 is 14.3 Å². The third kappa shape index (κ3) is 4.54. The number of ether oxygens (including phenoxy) is 2. The summed E-state index contributed by atoms with van der Waals surface area (Å²) in [6.45, 7) is 5.75. The normalized spacial score (nSPS) is 20.1. The molecular formula is C23H31N3O3. The zero-order valence-corrected chi connectivity index (χ0v) is 17.2. The van der Waals surface area contributed by atoms with Crippen molar-refractivity contribution in [2.45, 2.75) is 45.1 Å². The Morgan fingerprint density at radius 1 is 1.28 bits per heavy atom. The summed E-state index contributed by atoms with van der Waals surface area (Å²) in [6.07, 6.45) is 5.29. The van der Waals surface area contributed by atoms with E-state index in [1.807, 2.05) is 25.1 Å². The number of pyridine rings is 1. The zero-order chi connectivity index (χ0) is 20.1. The fourth-order valence-electron chi connectivity index (χ4n) is 4.45. The summed E-state index contributed by atoms with van der Waals surface area (Å²) in [5.41, 5.74) is 2.32. The molecule has 2 aromatic rings. The predicted octanol–water partition coefficient (Wildman–Crippen LogP) is 3.60. The smallest absolute Gasteiger partial charge is 0.273 e. The first-order valence-corrected chi connectivity index (χ1v) is 10.9. The van der Waals surface area contributed by atoms with Crippen molar-refractivity contribution in [3.63, 3.8) is 0 Å². The van der Waals surface area contributed by atoms with Crippen LogP contribution in [-0.2, 0) is 4.74 Å². The average molecular weight is 398 g/mol. The Balaban J connectivity index is 1.61. The topological polar surface area (TPSA) is 72.5 Å². The third-order valence-electron chi connectivity index (χ3n) is 5.98. The number of benzene rings is 1. The summed E-state index contributed by atoms with van der Waals surface area (Å²) in [5, 5.41) is 7.71. The van der Waals surface area contributed by atoms with Crippen LogP contribution < -0.4 is 15.4 Å². The number of nitrogens with one attached hydrogen (secondary N) is 2. The number of fused-ring (bicyclic) bond motifs is 1. The van der Waals surface area contributed by atoms with E-state index in [0.717, 1.165) is 68.3 Å². The van der Waals surface area contributed by atoms with Gasteiger partial charge in [-0.15, -0.1) is 0 Å². The first kappa shape index (κ1) is 20.1. The van der Waals surface area contributed by atoms with Crippen molar-refractivity contribution in [2.24, 2.45) is 5.92 Å². The first-order valence-electron chi connectivity index (χ1n) is 10.9. The van der Waals surface area contributed by atoms with Gasteiger partial charge in [-0.2, -0.15) is 0 Å². The molecule has 29 heavy (non-hydrogen) atoms. The van der Waals surface area contributed by atoms with E-state index >= 15 is 0 Å². The maximum Gasteiger partial charge on any atom is 0.273 e. The lowest BCUT2D eigenvalue weighted by Crippen LogP contribution is -2.29. The number of amides is 1. The molecule has 1 amide bonds. The Kier molecular flexibility index (Phi) is 6.62. The highest BCUT2D eigenvalue weighted by Gasteiger charge is 2.28. The number of hydrogen-bond acceptors (Lipinski definition) is 5. The maximum absolute atomic E-state index is 13.1. The Bertz CT molecular complexity index is 843. The molecule has 0 radical (unpaired) electrons. The molecule has 0 saturated carbocycles. The second kappa shape index (κ2) is 9.55. The minimum Gasteiger partial charge on any atom is -0.491 e. The van der Waals surface area contributed by atoms with E-state index in [1.54, 1.807) is 0 Å². The Morgan fingerprint density at radius 3 is 2.86 bits per heavy atom. The molecule has 2 aliphatic heterocycles. The van der Waals surface area contributed by atoms with Crippen LogP contribution in [0.15, 0.2) is 24.3 Å². The van der Waals surface area contributed by atoms with Gasteiger partial charge in [-0.1, -0.05) is 18.2 Å². The lowest BCUT2D eigenvalue weighted by molar-refractivity contribution is 0.0635. The van der Waals surface area contributed by atoms with Crippen molar-refractivity contribution >= 4 is 16.8 Å². The van der Waals surface area contributed by atoms with Gasteiger partial charge < -0.3 is 20.1 Å². The molecular weight excluding hydrogens is 366 g/mol. The van der Waals surface area contributed by atoms with Crippen LogP contribution in [0.25, 0.3) is 10.9 Å². The number of nitrogens with zero attached hydrogens (tertiary/aromatic N) is 1. The van der Waals surface area contributed by atoms with Crippen LogP contribution in [0.1, 0.15) is 61.1 Å². The lowest BCUT2D eigenvalue weighted by atomic mass is 9.96. The quantitative estimate of drug-likeness (QED) is 0.747. The van der Waals surface area contributed by atoms with Crippen LogP contribution in [0.2, 0.25) is 0 Å². The van der Waals surface area contributed by atoms with Gasteiger partial charge in [0.15, 0.2) is 11.4 Å². The van der Waals surface area contributed by atoms with Crippen LogP contribution in [0.3, 0.4) is 0 Å². The molecule has 6 heteroatoms. The second-order valence-electron chi connectivity index (χ2n) is 7.90. The minimum atomic E-state index is -0.148. The van der Waals surface area contributed by atoms with Crippen LogP contribution in [-0.4, -0.2) is 43.8 Å². The van der Waals surface area contributed by atoms with Crippen LogP contribution >= 0.6 is 0 Å². The lowest BCUT2D eigenvalue weighted by Gasteiger charge is -2.23. The molecule has 1 aromatic heterocycles. The highest BCUT2D eigenvalue weighted by molar-refractivity contribution is 5.99. The molecule has 2 saturated heterocycles. The summed E-state index contributed by atoms with van der Waals surface area (Å²) >= 11 is 0. The molecule has 156 valence electrons. The molecule has 4 rings (SSSR count). The van der Waals surface area contributed by atoms with E-state index < -0.39 is 0 Å². The van der Waals surface area contributed by atoms with Gasteiger partial charge in [-0.3, -0.25) is 4.79 Å². The fraction of sp³-hybridized carbons (Fsp3) is 0.565. The van der Waals surface area contributed by atoms with Gasteiger partial charge in [0.2, 0.25) is 0 Å². The second-order valence-corrected chi connectivity index (χ2v) is 7.90. The molecule has 0 aliphatic carbocycles. The number of para-hydroxylation sites is 1. The van der Waals surface area contributed by atoms with E-state index in [-0.39, 0.29) is 11.9 Å². The number of rotatable bonds is 7. The van der Waals surface area contributed by atoms with Gasteiger partial charge in [-0.25, -0.2) is 4.98 Å². The number of aromatic nitrogens is 1. The Hall–Kier alpha value is -2.18. The van der Waals surface area contributed by atoms with Crippen molar-refractivity contribution in [1.29, 1.82) is 0 Å². The maximum atomic E-state index is 13.1. The summed E-state index contributed by atoms with van der Waals surface area (Å²) < 4.78 is 11.4. The number of carbonyl (C=O) groups is 1. The standard InChI is InChI=1S/C23H31N3O3/c1-2-29-22-20(19-8-5-12-24-19)17-6-3-4-7-18(17)26-21(22)23(27)25-13-9-16-10-14-28-15-11-16/h3-4,6-7,16,19,24H,2,5,8-15H2,1H3,(H,25,27). The minimum absolute atomic E-state index is 0.148. The van der Waals surface area contributed by atoms with E-state index in [4.69, 9.17) is 14.5 Å². The van der Waals surface area contributed by atoms with Crippen LogP contribution in [0, 0.1) is 5.92 Å². The molecule has 0 spiro atoms. The van der Waals surface area contributed by atoms with Gasteiger partial charge in [0.1, 0.15) is 0 Å². The Morgan fingerprint density at radius 2 is 2.10 bits per heavy atom. The molecule has 2 aliphatic rings. The molecule has 2 N–H and O–H groups in total. The highest BCUT2D eigenvalue weighted by Crippen LogP contribution is 2.38. The summed E-state index contributed by atoms with van der Waals surface area (Å²) in [4.78, 5) is 17.8. The molecule has 1 unspecified atom stereocenters. The van der Waals surface area contributed by atoms with Crippen molar-refractivity contribution in [1.82, 2.24) is 15.6 Å². The van der Waals surface area contributed by atoms with Gasteiger partial charge in [0.25, 0.3) is 5.91 Å². The molecule has 2 fully saturated rings. The van der Waals surface area contributed by atoms with E-state index in [2.05, 4.69) is 16.7 Å². The van der Waals surface area contributed by atoms with Crippen LogP contribution in [0.5, 0.6) is 5.75 Å². The average Bonchev–Trinajstić information content (AvgIpc) is 3.28. The summed E-state index contributed by atoms with van der Waals surface area (Å²) in [7, 11) is 0. The summed E-state index contributed by atoms with van der Waals surface area (Å²) in [6, 6.07) is 8.23. The van der Waals surface area contributed by atoms with Crippen molar-refractivity contribution in [3.8, 4) is 5.75 Å². The van der Waals surface area contributed by atoms with Gasteiger partial charge >= 0.3 is 0 Å². The van der Waals surface area contributed by atoms with Gasteiger partial charge in [0.05, 0.1) is 12.1 Å². The SMILES string of the molecule is CCOc1c(C(=O)NCCC2CCOCC2)nc2ccccc2c1C1CCCN1. The highest BCUT2D eigenvalue weighted by atomic mass is 16.5. The van der Waals surface area contributed by atoms with Crippen LogP contribution in [0.4, 0.5) is 0 Å². The molecule has 0 bridgehead atoms. The zero-order valence-electron chi connectivity index (χ0n) is 17.2. The summed E-state index contributed by atoms with van der Waals surface area (Å²) in [5.74, 6) is 1.11. The number of carbonyl (C=O) groups excluding carboxylic acids is 1. The molecule has 1 aromatic carbocycles. The van der Waals surface area contributed by atoms with Crippen molar-refractivity contribution in [3.05, 3.63) is 35.5 Å². The van der Waals surface area contributed by atoms with Crippen molar-refractivity contribution in [2.75, 3.05) is 32.9 Å². The monoisotopic (exact) mass is 397 g/mol. The van der Waals surface area contributed by atoms with Gasteiger partial charge in [0, 0.05) is 36.8 Å². The number of hydrogen-bond donors (Lipinski definition) is 2. The van der Waals surface area contributed by atoms with E-state index in [1.165, 1.54) is 0 Å². The molecule has 6 nitrogen and oxygen atoms in total.